The molecule has 0 bridgehead atoms. The number of imide groups is 1. The molecule has 3 amide bonds. The Labute approximate surface area is 216 Å². The summed E-state index contributed by atoms with van der Waals surface area (Å²) in [5, 5.41) is 2.77. The Hall–Kier alpha value is -3.69. The summed E-state index contributed by atoms with van der Waals surface area (Å²) in [6.45, 7) is 0.809. The Morgan fingerprint density at radius 3 is 2.36 bits per heavy atom. The van der Waals surface area contributed by atoms with Gasteiger partial charge in [-0.3, -0.25) is 19.3 Å². The lowest BCUT2D eigenvalue weighted by Crippen LogP contribution is -2.36. The minimum Gasteiger partial charge on any atom is -0.484 e. The molecule has 1 N–H and O–H groups in total. The Kier molecular flexibility index (Phi) is 7.02. The summed E-state index contributed by atoms with van der Waals surface area (Å²) in [5.41, 5.74) is 1.28. The van der Waals surface area contributed by atoms with Crippen molar-refractivity contribution < 1.29 is 28.6 Å². The number of carbonyl (C=O) groups is 3. The SMILES string of the molecule is O=C(COc1ccc(Br)cc1)Nc1ccc(Oc2ccc3c(c2)C(=O)N(CC2CCCO2)C3=O)cc1. The molecule has 0 aliphatic carbocycles. The minimum atomic E-state index is -0.334. The zero-order valence-corrected chi connectivity index (χ0v) is 20.8. The maximum absolute atomic E-state index is 12.8. The summed E-state index contributed by atoms with van der Waals surface area (Å²) in [6.07, 6.45) is 1.68. The first kappa shape index (κ1) is 24.0. The molecule has 2 aliphatic heterocycles. The van der Waals surface area contributed by atoms with Crippen molar-refractivity contribution >= 4 is 39.3 Å². The molecule has 5 rings (SSSR count). The maximum Gasteiger partial charge on any atom is 0.262 e. The van der Waals surface area contributed by atoms with Crippen LogP contribution in [-0.4, -0.2) is 48.5 Å². The van der Waals surface area contributed by atoms with Crippen molar-refractivity contribution in [1.82, 2.24) is 4.90 Å². The number of ether oxygens (including phenoxy) is 3. The summed E-state index contributed by atoms with van der Waals surface area (Å²) in [7, 11) is 0. The van der Waals surface area contributed by atoms with Crippen molar-refractivity contribution in [2.24, 2.45) is 0 Å². The predicted molar refractivity (Wildman–Crippen MR) is 136 cm³/mol. The molecule has 1 atom stereocenters. The first-order chi connectivity index (χ1) is 17.5. The lowest BCUT2D eigenvalue weighted by molar-refractivity contribution is -0.118. The van der Waals surface area contributed by atoms with Crippen molar-refractivity contribution in [2.45, 2.75) is 18.9 Å². The number of hydrogen-bond donors (Lipinski definition) is 1. The number of fused-ring (bicyclic) bond motifs is 1. The fourth-order valence-corrected chi connectivity index (χ4v) is 4.37. The number of amides is 3. The van der Waals surface area contributed by atoms with Crippen LogP contribution < -0.4 is 14.8 Å². The quantitative estimate of drug-likeness (QED) is 0.395. The van der Waals surface area contributed by atoms with Gasteiger partial charge in [0.25, 0.3) is 17.7 Å². The highest BCUT2D eigenvalue weighted by atomic mass is 79.9. The molecule has 3 aromatic carbocycles. The molecule has 0 spiro atoms. The van der Waals surface area contributed by atoms with Crippen LogP contribution in [-0.2, 0) is 9.53 Å². The molecule has 0 aromatic heterocycles. The van der Waals surface area contributed by atoms with Crippen LogP contribution in [0.2, 0.25) is 0 Å². The van der Waals surface area contributed by atoms with Crippen molar-refractivity contribution in [1.29, 1.82) is 0 Å². The number of nitrogens with zero attached hydrogens (tertiary/aromatic N) is 1. The Morgan fingerprint density at radius 2 is 1.64 bits per heavy atom. The van der Waals surface area contributed by atoms with Gasteiger partial charge >= 0.3 is 0 Å². The first-order valence-electron chi connectivity index (χ1n) is 11.5. The summed E-state index contributed by atoms with van der Waals surface area (Å²) in [6, 6.07) is 18.9. The summed E-state index contributed by atoms with van der Waals surface area (Å²) < 4.78 is 17.9. The van der Waals surface area contributed by atoms with Crippen LogP contribution in [0.25, 0.3) is 0 Å². The van der Waals surface area contributed by atoms with Gasteiger partial charge in [-0.1, -0.05) is 15.9 Å². The van der Waals surface area contributed by atoms with E-state index in [1.54, 1.807) is 54.6 Å². The van der Waals surface area contributed by atoms with E-state index in [0.29, 0.717) is 40.7 Å². The number of halogens is 1. The van der Waals surface area contributed by atoms with E-state index >= 15 is 0 Å². The fraction of sp³-hybridized carbons (Fsp3) is 0.222. The van der Waals surface area contributed by atoms with E-state index in [4.69, 9.17) is 14.2 Å². The van der Waals surface area contributed by atoms with Crippen molar-refractivity contribution in [3.63, 3.8) is 0 Å². The molecule has 0 saturated carbocycles. The number of anilines is 1. The molecule has 8 nitrogen and oxygen atoms in total. The number of benzene rings is 3. The lowest BCUT2D eigenvalue weighted by atomic mass is 10.1. The van der Waals surface area contributed by atoms with E-state index in [9.17, 15) is 14.4 Å². The third-order valence-corrected chi connectivity index (χ3v) is 6.44. The van der Waals surface area contributed by atoms with Gasteiger partial charge in [0.2, 0.25) is 0 Å². The number of nitrogens with one attached hydrogen (secondary N) is 1. The second-order valence-electron chi connectivity index (χ2n) is 8.48. The van der Waals surface area contributed by atoms with Gasteiger partial charge in [-0.25, -0.2) is 0 Å². The average molecular weight is 551 g/mol. The van der Waals surface area contributed by atoms with Crippen LogP contribution in [0.1, 0.15) is 33.6 Å². The van der Waals surface area contributed by atoms with Crippen molar-refractivity contribution in [3.8, 4) is 17.2 Å². The summed E-state index contributed by atoms with van der Waals surface area (Å²) >= 11 is 3.35. The molecular formula is C27H23BrN2O6. The smallest absolute Gasteiger partial charge is 0.262 e. The van der Waals surface area contributed by atoms with Crippen molar-refractivity contribution in [3.05, 3.63) is 82.3 Å². The monoisotopic (exact) mass is 550 g/mol. The number of carbonyl (C=O) groups excluding carboxylic acids is 3. The maximum atomic E-state index is 12.8. The largest absolute Gasteiger partial charge is 0.484 e. The third kappa shape index (κ3) is 5.42. The second-order valence-corrected chi connectivity index (χ2v) is 9.40. The van der Waals surface area contributed by atoms with E-state index in [1.807, 2.05) is 12.1 Å². The molecular weight excluding hydrogens is 528 g/mol. The van der Waals surface area contributed by atoms with Gasteiger partial charge in [0.1, 0.15) is 17.2 Å². The van der Waals surface area contributed by atoms with Gasteiger partial charge in [-0.05, 0) is 79.6 Å². The third-order valence-electron chi connectivity index (χ3n) is 5.91. The number of hydrogen-bond acceptors (Lipinski definition) is 6. The van der Waals surface area contributed by atoms with Crippen LogP contribution in [0, 0.1) is 0 Å². The van der Waals surface area contributed by atoms with Gasteiger partial charge < -0.3 is 19.5 Å². The van der Waals surface area contributed by atoms with Crippen LogP contribution in [0.5, 0.6) is 17.2 Å². The number of rotatable bonds is 8. The van der Waals surface area contributed by atoms with Crippen LogP contribution in [0.15, 0.2) is 71.2 Å². The zero-order valence-electron chi connectivity index (χ0n) is 19.2. The van der Waals surface area contributed by atoms with Crippen LogP contribution in [0.4, 0.5) is 5.69 Å². The Bertz CT molecular complexity index is 1290. The van der Waals surface area contributed by atoms with E-state index in [1.165, 1.54) is 4.90 Å². The molecule has 0 radical (unpaired) electrons. The molecule has 184 valence electrons. The highest BCUT2D eigenvalue weighted by molar-refractivity contribution is 9.10. The molecule has 2 aliphatic rings. The molecule has 1 saturated heterocycles. The minimum absolute atomic E-state index is 0.103. The molecule has 3 aromatic rings. The molecule has 1 fully saturated rings. The highest BCUT2D eigenvalue weighted by Crippen LogP contribution is 2.31. The van der Waals surface area contributed by atoms with E-state index in [-0.39, 0.29) is 37.0 Å². The second kappa shape index (κ2) is 10.5. The van der Waals surface area contributed by atoms with Crippen LogP contribution in [0.3, 0.4) is 0 Å². The fourth-order valence-electron chi connectivity index (χ4n) is 4.11. The van der Waals surface area contributed by atoms with Gasteiger partial charge in [0.15, 0.2) is 6.61 Å². The molecule has 9 heteroatoms. The van der Waals surface area contributed by atoms with Crippen LogP contribution >= 0.6 is 15.9 Å². The standard InChI is InChI=1S/C27H23BrN2O6/c28-17-3-7-19(8-4-17)35-16-25(31)29-18-5-9-20(10-6-18)36-21-11-12-23-24(14-21)27(33)30(26(23)32)15-22-2-1-13-34-22/h3-12,14,22H,1-2,13,15-16H2,(H,29,31). The molecule has 1 unspecified atom stereocenters. The molecule has 2 heterocycles. The zero-order chi connectivity index (χ0) is 25.1. The van der Waals surface area contributed by atoms with Gasteiger partial charge in [0, 0.05) is 16.8 Å². The Morgan fingerprint density at radius 1 is 0.944 bits per heavy atom. The van der Waals surface area contributed by atoms with E-state index < -0.39 is 0 Å². The van der Waals surface area contributed by atoms with Crippen molar-refractivity contribution in [2.75, 3.05) is 25.1 Å². The predicted octanol–water partition coefficient (Wildman–Crippen LogP) is 5.03. The first-order valence-corrected chi connectivity index (χ1v) is 12.3. The Balaban J connectivity index is 1.17. The normalized spacial score (nSPS) is 16.7. The summed E-state index contributed by atoms with van der Waals surface area (Å²) in [4.78, 5) is 39.0. The average Bonchev–Trinajstić information content (AvgIpc) is 3.48. The highest BCUT2D eigenvalue weighted by Gasteiger charge is 2.37. The topological polar surface area (TPSA) is 94.2 Å². The van der Waals surface area contributed by atoms with E-state index in [2.05, 4.69) is 21.2 Å². The van der Waals surface area contributed by atoms with Gasteiger partial charge in [-0.2, -0.15) is 0 Å². The van der Waals surface area contributed by atoms with Gasteiger partial charge in [-0.15, -0.1) is 0 Å². The summed E-state index contributed by atoms with van der Waals surface area (Å²) in [5.74, 6) is 0.629. The lowest BCUT2D eigenvalue weighted by Gasteiger charge is -2.17. The van der Waals surface area contributed by atoms with E-state index in [0.717, 1.165) is 17.3 Å². The van der Waals surface area contributed by atoms with Gasteiger partial charge in [0.05, 0.1) is 23.8 Å². The molecule has 36 heavy (non-hydrogen) atoms.